The van der Waals surface area contributed by atoms with E-state index in [1.165, 1.54) is 32.1 Å². The van der Waals surface area contributed by atoms with Gasteiger partial charge in [-0.3, -0.25) is 0 Å². The Morgan fingerprint density at radius 3 is 2.70 bits per heavy atom. The normalized spacial score (nSPS) is 20.5. The van der Waals surface area contributed by atoms with Gasteiger partial charge in [-0.05, 0) is 0 Å². The van der Waals surface area contributed by atoms with Crippen LogP contribution in [0.3, 0.4) is 0 Å². The van der Waals surface area contributed by atoms with Crippen LogP contribution in [0.15, 0.2) is 0 Å². The van der Waals surface area contributed by atoms with Crippen molar-refractivity contribution in [1.29, 1.82) is 0 Å². The van der Waals surface area contributed by atoms with Gasteiger partial charge in [-0.2, -0.15) is 0 Å². The summed E-state index contributed by atoms with van der Waals surface area (Å²) >= 11 is -0.165. The number of hydrogen-bond donors (Lipinski definition) is 2. The standard InChI is InChI=1S/C7H16IN2/c9-8-10-6-5-7-3-1-2-4-7/h7,10H,1-6,9H2/q-1. The van der Waals surface area contributed by atoms with Gasteiger partial charge in [-0.1, -0.05) is 0 Å². The van der Waals surface area contributed by atoms with Crippen LogP contribution in [0.5, 0.6) is 0 Å². The summed E-state index contributed by atoms with van der Waals surface area (Å²) in [5.74, 6) is 1.02. The predicted molar refractivity (Wildman–Crippen MR) is 38.8 cm³/mol. The molecule has 0 unspecified atom stereocenters. The molecule has 2 nitrogen and oxygen atoms in total. The minimum absolute atomic E-state index is 0.165. The molecule has 1 rings (SSSR count). The molecule has 0 aliphatic heterocycles. The van der Waals surface area contributed by atoms with E-state index in [0.717, 1.165) is 12.5 Å². The molecule has 0 amide bonds. The van der Waals surface area contributed by atoms with Crippen LogP contribution in [0, 0.1) is 5.92 Å². The molecule has 0 atom stereocenters. The molecule has 0 radical (unpaired) electrons. The van der Waals surface area contributed by atoms with Gasteiger partial charge in [-0.25, -0.2) is 0 Å². The molecule has 0 aromatic carbocycles. The maximum atomic E-state index is 5.41. The number of halogens is 1. The summed E-state index contributed by atoms with van der Waals surface area (Å²) in [6.45, 7) is 1.16. The summed E-state index contributed by atoms with van der Waals surface area (Å²) in [6, 6.07) is 0. The summed E-state index contributed by atoms with van der Waals surface area (Å²) in [6.07, 6.45) is 7.21. The van der Waals surface area contributed by atoms with Crippen molar-refractivity contribution in [2.75, 3.05) is 6.54 Å². The molecule has 0 bridgehead atoms. The molecule has 1 fully saturated rings. The number of rotatable bonds is 4. The van der Waals surface area contributed by atoms with Gasteiger partial charge in [0.1, 0.15) is 0 Å². The zero-order chi connectivity index (χ0) is 7.23. The van der Waals surface area contributed by atoms with Crippen LogP contribution in [-0.4, -0.2) is 6.54 Å². The molecular formula is C7H16IN2-. The number of nitrogens with one attached hydrogen (secondary N) is 1. The van der Waals surface area contributed by atoms with Gasteiger partial charge in [0, 0.05) is 0 Å². The van der Waals surface area contributed by atoms with Crippen LogP contribution in [-0.2, 0) is 0 Å². The van der Waals surface area contributed by atoms with E-state index in [1.807, 2.05) is 0 Å². The number of hydrogen-bond acceptors (Lipinski definition) is 2. The van der Waals surface area contributed by atoms with E-state index in [9.17, 15) is 0 Å². The van der Waals surface area contributed by atoms with Crippen molar-refractivity contribution in [3.63, 3.8) is 0 Å². The van der Waals surface area contributed by atoms with Crippen molar-refractivity contribution in [1.82, 2.24) is 3.53 Å². The van der Waals surface area contributed by atoms with Gasteiger partial charge in [-0.15, -0.1) is 0 Å². The Morgan fingerprint density at radius 2 is 2.10 bits per heavy atom. The van der Waals surface area contributed by atoms with E-state index >= 15 is 0 Å². The van der Waals surface area contributed by atoms with E-state index in [0.29, 0.717) is 0 Å². The molecule has 0 aromatic rings. The van der Waals surface area contributed by atoms with Crippen molar-refractivity contribution < 1.29 is 21.8 Å². The first-order valence-electron chi connectivity index (χ1n) is 3.99. The second-order valence-electron chi connectivity index (χ2n) is 2.93. The Labute approximate surface area is 73.9 Å². The molecule has 62 valence electrons. The number of nitrogens with two attached hydrogens (primary N) is 1. The molecule has 1 saturated carbocycles. The van der Waals surface area contributed by atoms with E-state index in [-0.39, 0.29) is 21.8 Å². The van der Waals surface area contributed by atoms with Crippen LogP contribution in [0.2, 0.25) is 0 Å². The second kappa shape index (κ2) is 5.32. The Hall–Kier alpha value is 0.650. The average molecular weight is 255 g/mol. The van der Waals surface area contributed by atoms with Crippen molar-refractivity contribution in [2.24, 2.45) is 9.86 Å². The fourth-order valence-electron chi connectivity index (χ4n) is 1.61. The molecule has 0 heterocycles. The van der Waals surface area contributed by atoms with Crippen molar-refractivity contribution in [2.45, 2.75) is 32.1 Å². The first kappa shape index (κ1) is 8.74. The van der Waals surface area contributed by atoms with E-state index in [4.69, 9.17) is 3.95 Å². The molecule has 1 aliphatic carbocycles. The van der Waals surface area contributed by atoms with Gasteiger partial charge in [0.25, 0.3) is 0 Å². The molecule has 3 heteroatoms. The molecule has 10 heavy (non-hydrogen) atoms. The third-order valence-electron chi connectivity index (χ3n) is 2.20. The van der Waals surface area contributed by atoms with Crippen LogP contribution >= 0.6 is 0 Å². The van der Waals surface area contributed by atoms with Gasteiger partial charge in [0.15, 0.2) is 0 Å². The van der Waals surface area contributed by atoms with Gasteiger partial charge < -0.3 is 0 Å². The SMILES string of the molecule is N[I-]NCCC1CCCC1. The zero-order valence-electron chi connectivity index (χ0n) is 6.28. The first-order chi connectivity index (χ1) is 4.93. The van der Waals surface area contributed by atoms with Gasteiger partial charge in [0.2, 0.25) is 0 Å². The van der Waals surface area contributed by atoms with E-state index < -0.39 is 0 Å². The minimum atomic E-state index is -0.165. The summed E-state index contributed by atoms with van der Waals surface area (Å²) in [5.41, 5.74) is 0. The summed E-state index contributed by atoms with van der Waals surface area (Å²) in [4.78, 5) is 0. The monoisotopic (exact) mass is 255 g/mol. The van der Waals surface area contributed by atoms with Crippen LogP contribution in [0.4, 0.5) is 0 Å². The Balaban J connectivity index is 1.91. The Kier molecular flexibility index (Phi) is 4.65. The second-order valence-corrected chi connectivity index (χ2v) is 4.32. The first-order valence-corrected chi connectivity index (χ1v) is 6.31. The molecule has 0 spiro atoms. The summed E-state index contributed by atoms with van der Waals surface area (Å²) in [5, 5.41) is 0. The molecule has 0 aromatic heterocycles. The topological polar surface area (TPSA) is 38.0 Å². The zero-order valence-corrected chi connectivity index (χ0v) is 8.43. The fraction of sp³-hybridized carbons (Fsp3) is 1.00. The Bertz CT molecular complexity index is 81.7. The van der Waals surface area contributed by atoms with Gasteiger partial charge in [0.05, 0.1) is 0 Å². The van der Waals surface area contributed by atoms with Gasteiger partial charge >= 0.3 is 73.8 Å². The summed E-state index contributed by atoms with van der Waals surface area (Å²) < 4.78 is 8.68. The van der Waals surface area contributed by atoms with Crippen molar-refractivity contribution in [3.05, 3.63) is 0 Å². The molecule has 3 N–H and O–H groups in total. The average Bonchev–Trinajstić information content (AvgIpc) is 2.41. The fourth-order valence-corrected chi connectivity index (χ4v) is 2.24. The van der Waals surface area contributed by atoms with Crippen LogP contribution in [0.25, 0.3) is 0 Å². The van der Waals surface area contributed by atoms with E-state index in [1.54, 1.807) is 0 Å². The third-order valence-corrected chi connectivity index (χ3v) is 3.18. The molecular weight excluding hydrogens is 239 g/mol. The third kappa shape index (κ3) is 3.16. The summed E-state index contributed by atoms with van der Waals surface area (Å²) in [7, 11) is 0. The van der Waals surface area contributed by atoms with Crippen molar-refractivity contribution >= 4 is 0 Å². The van der Waals surface area contributed by atoms with E-state index in [2.05, 4.69) is 3.53 Å². The Morgan fingerprint density at radius 1 is 1.40 bits per heavy atom. The molecule has 1 aliphatic rings. The van der Waals surface area contributed by atoms with Crippen molar-refractivity contribution in [3.8, 4) is 0 Å². The molecule has 0 saturated heterocycles. The predicted octanol–water partition coefficient (Wildman–Crippen LogP) is -1.97. The van der Waals surface area contributed by atoms with Crippen LogP contribution in [0.1, 0.15) is 32.1 Å². The quantitative estimate of drug-likeness (QED) is 0.347. The van der Waals surface area contributed by atoms with Crippen LogP contribution < -0.4 is 29.2 Å². The maximum absolute atomic E-state index is 5.41.